The molecule has 0 aliphatic rings. The number of hydrogen-bond acceptors (Lipinski definition) is 2. The van der Waals surface area contributed by atoms with Crippen molar-refractivity contribution in [3.8, 4) is 11.5 Å². The third-order valence-corrected chi connectivity index (χ3v) is 8.64. The van der Waals surface area contributed by atoms with Crippen molar-refractivity contribution in [3.05, 3.63) is 60.7 Å². The molecule has 0 spiro atoms. The molecule has 0 saturated carbocycles. The van der Waals surface area contributed by atoms with Crippen LogP contribution in [0.25, 0.3) is 0 Å². The first-order chi connectivity index (χ1) is 9.97. The van der Waals surface area contributed by atoms with E-state index in [4.69, 9.17) is 20.3 Å². The van der Waals surface area contributed by atoms with E-state index in [0.29, 0.717) is 0 Å². The average Bonchev–Trinajstić information content (AvgIpc) is 2.49. The Bertz CT molecular complexity index is 516. The van der Waals surface area contributed by atoms with Crippen molar-refractivity contribution in [1.29, 1.82) is 0 Å². The fraction of sp³-hybridized carbons (Fsp3) is 0.294. The van der Waals surface area contributed by atoms with Crippen molar-refractivity contribution in [2.45, 2.75) is 32.3 Å². The van der Waals surface area contributed by atoms with Crippen LogP contribution in [0, 0.1) is 0 Å². The third kappa shape index (κ3) is 3.90. The zero-order valence-corrected chi connectivity index (χ0v) is 14.4. The number of benzene rings is 2. The topological polar surface area (TPSA) is 18.5 Å². The Balaban J connectivity index is 2.31. The fourth-order valence-electron chi connectivity index (χ4n) is 1.79. The molecule has 0 bridgehead atoms. The Hall–Kier alpha value is -1.24. The van der Waals surface area contributed by atoms with Gasteiger partial charge in [-0.05, 0) is 0 Å². The van der Waals surface area contributed by atoms with Gasteiger partial charge in [0.05, 0.1) is 0 Å². The summed E-state index contributed by atoms with van der Waals surface area (Å²) in [7, 11) is -2.99. The van der Waals surface area contributed by atoms with Gasteiger partial charge in [-0.2, -0.15) is 0 Å². The molecule has 0 aromatic heterocycles. The van der Waals surface area contributed by atoms with Crippen LogP contribution in [0.1, 0.15) is 27.2 Å². The van der Waals surface area contributed by atoms with Crippen molar-refractivity contribution in [3.63, 3.8) is 0 Å². The molecule has 0 fully saturated rings. The van der Waals surface area contributed by atoms with E-state index in [-0.39, 0.29) is 5.16 Å². The van der Waals surface area contributed by atoms with Crippen LogP contribution >= 0.6 is 18.3 Å². The predicted molar refractivity (Wildman–Crippen MR) is 92.7 cm³/mol. The Morgan fingerprint density at radius 1 is 0.857 bits per heavy atom. The molecule has 0 aliphatic carbocycles. The number of halogens is 1. The van der Waals surface area contributed by atoms with Crippen LogP contribution < -0.4 is 9.05 Å². The summed E-state index contributed by atoms with van der Waals surface area (Å²) in [6.45, 7) is 6.29. The van der Waals surface area contributed by atoms with Crippen LogP contribution in [0.3, 0.4) is 0 Å². The predicted octanol–water partition coefficient (Wildman–Crippen LogP) is 6.07. The molecule has 0 heterocycles. The Morgan fingerprint density at radius 2 is 1.24 bits per heavy atom. The summed E-state index contributed by atoms with van der Waals surface area (Å²) < 4.78 is 12.3. The van der Waals surface area contributed by atoms with Gasteiger partial charge in [-0.25, -0.2) is 0 Å². The minimum atomic E-state index is -2.99. The fourth-order valence-corrected chi connectivity index (χ4v) is 4.62. The van der Waals surface area contributed by atoms with Crippen LogP contribution in [0.15, 0.2) is 60.7 Å². The summed E-state index contributed by atoms with van der Waals surface area (Å²) in [5, 5.41) is -0.236. The van der Waals surface area contributed by atoms with Crippen LogP contribution in [0.2, 0.25) is 0 Å². The summed E-state index contributed by atoms with van der Waals surface area (Å²) >= 11 is 6.89. The summed E-state index contributed by atoms with van der Waals surface area (Å²) in [6.07, 6.45) is 0.877. The molecule has 2 aromatic rings. The van der Waals surface area contributed by atoms with Crippen molar-refractivity contribution < 1.29 is 9.05 Å². The molecule has 0 saturated heterocycles. The maximum atomic E-state index is 6.89. The van der Waals surface area contributed by atoms with Crippen molar-refractivity contribution in [2.24, 2.45) is 0 Å². The van der Waals surface area contributed by atoms with E-state index in [0.717, 1.165) is 17.9 Å². The molecular formula is C17H22ClO2P. The molecule has 114 valence electrons. The van der Waals surface area contributed by atoms with Crippen LogP contribution in [-0.4, -0.2) is 5.16 Å². The normalized spacial score (nSPS) is 12.8. The number of rotatable bonds is 6. The minimum absolute atomic E-state index is 0.236. The molecule has 0 radical (unpaired) electrons. The van der Waals surface area contributed by atoms with Gasteiger partial charge < -0.3 is 0 Å². The second kappa shape index (κ2) is 6.68. The average molecular weight is 325 g/mol. The zero-order chi connectivity index (χ0) is 15.3. The first-order valence-corrected chi connectivity index (χ1v) is 9.97. The first-order valence-electron chi connectivity index (χ1n) is 7.14. The first kappa shape index (κ1) is 16.1. The van der Waals surface area contributed by atoms with Crippen molar-refractivity contribution in [2.75, 3.05) is 0 Å². The molecule has 0 N–H and O–H groups in total. The summed E-state index contributed by atoms with van der Waals surface area (Å²) in [5.74, 6) is 1.49. The summed E-state index contributed by atoms with van der Waals surface area (Å²) in [4.78, 5) is 0. The van der Waals surface area contributed by atoms with Gasteiger partial charge in [-0.1, -0.05) is 0 Å². The van der Waals surface area contributed by atoms with E-state index in [9.17, 15) is 0 Å². The molecular weight excluding hydrogens is 303 g/mol. The molecule has 2 aromatic carbocycles. The van der Waals surface area contributed by atoms with E-state index >= 15 is 0 Å². The molecule has 0 atom stereocenters. The van der Waals surface area contributed by atoms with Crippen LogP contribution in [0.4, 0.5) is 0 Å². The van der Waals surface area contributed by atoms with E-state index in [1.165, 1.54) is 0 Å². The van der Waals surface area contributed by atoms with Gasteiger partial charge in [0, 0.05) is 0 Å². The van der Waals surface area contributed by atoms with Crippen molar-refractivity contribution >= 4 is 18.3 Å². The number of para-hydroxylation sites is 2. The number of hydrogen-bond donors (Lipinski definition) is 0. The van der Waals surface area contributed by atoms with Crippen LogP contribution in [0.5, 0.6) is 11.5 Å². The molecule has 4 heteroatoms. The Kier molecular flexibility index (Phi) is 5.13. The van der Waals surface area contributed by atoms with Gasteiger partial charge in [0.25, 0.3) is 0 Å². The summed E-state index contributed by atoms with van der Waals surface area (Å²) in [5.41, 5.74) is 0. The van der Waals surface area contributed by atoms with Crippen molar-refractivity contribution in [1.82, 2.24) is 0 Å². The molecule has 0 aliphatic heterocycles. The monoisotopic (exact) mass is 324 g/mol. The second-order valence-electron chi connectivity index (χ2n) is 5.60. The van der Waals surface area contributed by atoms with Crippen LogP contribution in [-0.2, 0) is 0 Å². The van der Waals surface area contributed by atoms with Gasteiger partial charge in [0.2, 0.25) is 0 Å². The standard InChI is InChI=1S/C17H22ClO2P/c1-4-17(2,3)21(18,19-15-11-7-5-8-12-15)20-16-13-9-6-10-14-16/h5-14,21H,4H2,1-3H3. The SMILES string of the molecule is CCC(C)(C)[PH](Cl)(Oc1ccccc1)Oc1ccccc1. The van der Waals surface area contributed by atoms with Gasteiger partial charge in [0.15, 0.2) is 0 Å². The molecule has 2 rings (SSSR count). The Morgan fingerprint density at radius 3 is 1.57 bits per heavy atom. The quantitative estimate of drug-likeness (QED) is 0.601. The molecule has 0 amide bonds. The molecule has 2 nitrogen and oxygen atoms in total. The second-order valence-corrected chi connectivity index (χ2v) is 9.93. The van der Waals surface area contributed by atoms with E-state index < -0.39 is 7.07 Å². The van der Waals surface area contributed by atoms with Gasteiger partial charge in [-0.15, -0.1) is 0 Å². The van der Waals surface area contributed by atoms with E-state index in [1.54, 1.807) is 0 Å². The maximum absolute atomic E-state index is 6.89. The summed E-state index contributed by atoms with van der Waals surface area (Å²) in [6, 6.07) is 19.3. The van der Waals surface area contributed by atoms with Gasteiger partial charge >= 0.3 is 132 Å². The van der Waals surface area contributed by atoms with E-state index in [2.05, 4.69) is 20.8 Å². The third-order valence-electron chi connectivity index (χ3n) is 3.68. The van der Waals surface area contributed by atoms with Gasteiger partial charge in [0.1, 0.15) is 0 Å². The zero-order valence-electron chi connectivity index (χ0n) is 12.7. The van der Waals surface area contributed by atoms with Gasteiger partial charge in [-0.3, -0.25) is 0 Å². The Labute approximate surface area is 132 Å². The molecule has 0 unspecified atom stereocenters. The molecule has 21 heavy (non-hydrogen) atoms. The van der Waals surface area contributed by atoms with E-state index in [1.807, 2.05) is 60.7 Å².